The lowest BCUT2D eigenvalue weighted by Gasteiger charge is -2.16. The topological polar surface area (TPSA) is 73.2 Å². The lowest BCUT2D eigenvalue weighted by Crippen LogP contribution is -2.11. The molecule has 3 rings (SSSR count). The van der Waals surface area contributed by atoms with Crippen molar-refractivity contribution >= 4 is 5.82 Å². The van der Waals surface area contributed by atoms with E-state index in [2.05, 4.69) is 10.2 Å². The minimum atomic E-state index is 0.292. The predicted octanol–water partition coefficient (Wildman–Crippen LogP) is 2.99. The van der Waals surface area contributed by atoms with Gasteiger partial charge >= 0.3 is 0 Å². The molecule has 5 nitrogen and oxygen atoms in total. The second-order valence-corrected chi connectivity index (χ2v) is 5.09. The monoisotopic (exact) mass is 273 g/mol. The standard InChI is InChI=1S/C15H19N3O2/c1-19-13-7-6-10(12-9-17-18-15(12)16)8-14(13)20-11-4-2-3-5-11/h6-9,11H,2-5H2,1H3,(H3,16,17,18). The van der Waals surface area contributed by atoms with Crippen molar-refractivity contribution in [1.82, 2.24) is 10.2 Å². The number of hydrogen-bond donors (Lipinski definition) is 2. The van der Waals surface area contributed by atoms with E-state index in [9.17, 15) is 0 Å². The average molecular weight is 273 g/mol. The number of aromatic amines is 1. The van der Waals surface area contributed by atoms with E-state index in [4.69, 9.17) is 15.2 Å². The summed E-state index contributed by atoms with van der Waals surface area (Å²) >= 11 is 0. The Morgan fingerprint density at radius 2 is 2.05 bits per heavy atom. The molecule has 0 radical (unpaired) electrons. The largest absolute Gasteiger partial charge is 0.493 e. The number of ether oxygens (including phenoxy) is 2. The van der Waals surface area contributed by atoms with Crippen LogP contribution in [0.15, 0.2) is 24.4 Å². The molecule has 0 amide bonds. The van der Waals surface area contributed by atoms with Crippen LogP contribution in [0, 0.1) is 0 Å². The van der Waals surface area contributed by atoms with Crippen molar-refractivity contribution in [2.45, 2.75) is 31.8 Å². The van der Waals surface area contributed by atoms with Crippen LogP contribution in [0.25, 0.3) is 11.1 Å². The maximum Gasteiger partial charge on any atom is 0.162 e. The van der Waals surface area contributed by atoms with E-state index in [1.807, 2.05) is 18.2 Å². The lowest BCUT2D eigenvalue weighted by molar-refractivity contribution is 0.201. The number of nitrogens with two attached hydrogens (primary N) is 1. The van der Waals surface area contributed by atoms with Crippen LogP contribution in [0.2, 0.25) is 0 Å². The van der Waals surface area contributed by atoms with Crippen LogP contribution < -0.4 is 15.2 Å². The quantitative estimate of drug-likeness (QED) is 0.898. The van der Waals surface area contributed by atoms with Gasteiger partial charge in [0.1, 0.15) is 5.82 Å². The van der Waals surface area contributed by atoms with Gasteiger partial charge in [0.05, 0.1) is 19.4 Å². The molecule has 3 N–H and O–H groups in total. The summed E-state index contributed by atoms with van der Waals surface area (Å²) in [5, 5.41) is 6.70. The van der Waals surface area contributed by atoms with E-state index in [0.29, 0.717) is 11.9 Å². The summed E-state index contributed by atoms with van der Waals surface area (Å²) in [5.41, 5.74) is 7.72. The van der Waals surface area contributed by atoms with E-state index in [-0.39, 0.29) is 0 Å². The summed E-state index contributed by atoms with van der Waals surface area (Å²) in [6.45, 7) is 0. The van der Waals surface area contributed by atoms with Crippen LogP contribution in [-0.2, 0) is 0 Å². The number of H-pyrrole nitrogens is 1. The molecule has 1 aromatic carbocycles. The maximum atomic E-state index is 6.08. The molecule has 1 aromatic heterocycles. The van der Waals surface area contributed by atoms with Crippen molar-refractivity contribution < 1.29 is 9.47 Å². The predicted molar refractivity (Wildman–Crippen MR) is 77.9 cm³/mol. The molecular weight excluding hydrogens is 254 g/mol. The second kappa shape index (κ2) is 5.45. The summed E-state index contributed by atoms with van der Waals surface area (Å²) < 4.78 is 11.5. The molecule has 2 aromatic rings. The Kier molecular flexibility index (Phi) is 3.50. The van der Waals surface area contributed by atoms with Gasteiger partial charge in [-0.15, -0.1) is 0 Å². The minimum absolute atomic E-state index is 0.292. The highest BCUT2D eigenvalue weighted by molar-refractivity contribution is 5.75. The first-order valence-electron chi connectivity index (χ1n) is 6.92. The molecule has 0 aliphatic heterocycles. The SMILES string of the molecule is COc1ccc(-c2cn[nH]c2N)cc1OC1CCCC1. The Morgan fingerprint density at radius 1 is 1.25 bits per heavy atom. The number of hydrogen-bond acceptors (Lipinski definition) is 4. The summed E-state index contributed by atoms with van der Waals surface area (Å²) in [5.74, 6) is 2.09. The lowest BCUT2D eigenvalue weighted by atomic mass is 10.1. The van der Waals surface area contributed by atoms with Gasteiger partial charge in [0, 0.05) is 5.56 Å². The number of rotatable bonds is 4. The van der Waals surface area contributed by atoms with Gasteiger partial charge in [-0.2, -0.15) is 5.10 Å². The molecular formula is C15H19N3O2. The molecule has 20 heavy (non-hydrogen) atoms. The average Bonchev–Trinajstić information content (AvgIpc) is 3.10. The Bertz CT molecular complexity index is 589. The number of aromatic nitrogens is 2. The van der Waals surface area contributed by atoms with Gasteiger partial charge in [-0.3, -0.25) is 5.10 Å². The Labute approximate surface area is 118 Å². The first-order chi connectivity index (χ1) is 9.78. The van der Waals surface area contributed by atoms with Crippen LogP contribution >= 0.6 is 0 Å². The first kappa shape index (κ1) is 12.8. The van der Waals surface area contributed by atoms with Crippen molar-refractivity contribution in [3.8, 4) is 22.6 Å². The van der Waals surface area contributed by atoms with Crippen LogP contribution in [0.3, 0.4) is 0 Å². The molecule has 0 unspecified atom stereocenters. The molecule has 1 fully saturated rings. The van der Waals surface area contributed by atoms with Crippen LogP contribution in [-0.4, -0.2) is 23.4 Å². The van der Waals surface area contributed by atoms with Gasteiger partial charge in [-0.05, 0) is 43.4 Å². The molecule has 106 valence electrons. The van der Waals surface area contributed by atoms with E-state index in [1.54, 1.807) is 13.3 Å². The van der Waals surface area contributed by atoms with Crippen LogP contribution in [0.5, 0.6) is 11.5 Å². The van der Waals surface area contributed by atoms with Crippen LogP contribution in [0.4, 0.5) is 5.82 Å². The van der Waals surface area contributed by atoms with Crippen molar-refractivity contribution in [3.63, 3.8) is 0 Å². The summed E-state index contributed by atoms with van der Waals surface area (Å²) in [4.78, 5) is 0. The third-order valence-corrected chi connectivity index (χ3v) is 3.74. The Balaban J connectivity index is 1.92. The number of benzene rings is 1. The second-order valence-electron chi connectivity index (χ2n) is 5.09. The van der Waals surface area contributed by atoms with Crippen LogP contribution in [0.1, 0.15) is 25.7 Å². The fraction of sp³-hybridized carbons (Fsp3) is 0.400. The molecule has 5 heteroatoms. The molecule has 0 spiro atoms. The third-order valence-electron chi connectivity index (χ3n) is 3.74. The smallest absolute Gasteiger partial charge is 0.162 e. The highest BCUT2D eigenvalue weighted by atomic mass is 16.5. The zero-order valence-corrected chi connectivity index (χ0v) is 11.6. The van der Waals surface area contributed by atoms with Crippen molar-refractivity contribution in [2.24, 2.45) is 0 Å². The summed E-state index contributed by atoms with van der Waals surface area (Å²) in [6.07, 6.45) is 6.71. The van der Waals surface area contributed by atoms with E-state index >= 15 is 0 Å². The Hall–Kier alpha value is -2.17. The minimum Gasteiger partial charge on any atom is -0.493 e. The number of anilines is 1. The normalized spacial score (nSPS) is 15.4. The number of nitrogen functional groups attached to an aromatic ring is 1. The molecule has 1 aliphatic rings. The number of nitrogens with one attached hydrogen (secondary N) is 1. The highest BCUT2D eigenvalue weighted by Gasteiger charge is 2.19. The Morgan fingerprint density at radius 3 is 2.70 bits per heavy atom. The summed E-state index contributed by atoms with van der Waals surface area (Å²) in [7, 11) is 1.66. The highest BCUT2D eigenvalue weighted by Crippen LogP contribution is 2.36. The fourth-order valence-corrected chi connectivity index (χ4v) is 2.65. The van der Waals surface area contributed by atoms with E-state index in [0.717, 1.165) is 35.5 Å². The van der Waals surface area contributed by atoms with Gasteiger partial charge in [0.2, 0.25) is 0 Å². The fourth-order valence-electron chi connectivity index (χ4n) is 2.65. The zero-order chi connectivity index (χ0) is 13.9. The third kappa shape index (κ3) is 2.43. The van der Waals surface area contributed by atoms with E-state index < -0.39 is 0 Å². The molecule has 0 saturated heterocycles. The molecule has 0 atom stereocenters. The van der Waals surface area contributed by atoms with E-state index in [1.165, 1.54) is 12.8 Å². The van der Waals surface area contributed by atoms with Crippen molar-refractivity contribution in [1.29, 1.82) is 0 Å². The number of methoxy groups -OCH3 is 1. The van der Waals surface area contributed by atoms with Gasteiger partial charge < -0.3 is 15.2 Å². The molecule has 1 aliphatic carbocycles. The zero-order valence-electron chi connectivity index (χ0n) is 11.6. The van der Waals surface area contributed by atoms with Gasteiger partial charge in [-0.25, -0.2) is 0 Å². The molecule has 1 heterocycles. The first-order valence-corrected chi connectivity index (χ1v) is 6.92. The summed E-state index contributed by atoms with van der Waals surface area (Å²) in [6, 6.07) is 5.84. The molecule has 1 saturated carbocycles. The van der Waals surface area contributed by atoms with Gasteiger partial charge in [-0.1, -0.05) is 6.07 Å². The van der Waals surface area contributed by atoms with Crippen molar-refractivity contribution in [2.75, 3.05) is 12.8 Å². The van der Waals surface area contributed by atoms with Crippen molar-refractivity contribution in [3.05, 3.63) is 24.4 Å². The van der Waals surface area contributed by atoms with Gasteiger partial charge in [0.25, 0.3) is 0 Å². The maximum absolute atomic E-state index is 6.08. The molecule has 0 bridgehead atoms. The van der Waals surface area contributed by atoms with Gasteiger partial charge in [0.15, 0.2) is 11.5 Å². The number of nitrogens with zero attached hydrogens (tertiary/aromatic N) is 1.